The van der Waals surface area contributed by atoms with Crippen molar-refractivity contribution in [2.45, 2.75) is 0 Å². The van der Waals surface area contributed by atoms with Crippen LogP contribution in [0.15, 0.2) is 12.1 Å². The van der Waals surface area contributed by atoms with E-state index in [2.05, 4.69) is 26.8 Å². The number of methoxy groups -OCH3 is 1. The van der Waals surface area contributed by atoms with E-state index in [0.29, 0.717) is 5.88 Å². The molecule has 2 aromatic heterocycles. The number of fused-ring (bicyclic) bond motifs is 1. The average Bonchev–Trinajstić information content (AvgIpc) is 2.43. The van der Waals surface area contributed by atoms with E-state index < -0.39 is 0 Å². The van der Waals surface area contributed by atoms with Crippen LogP contribution in [0.25, 0.3) is 10.3 Å². The quantitative estimate of drug-likeness (QED) is 0.680. The number of thiazole rings is 1. The third kappa shape index (κ3) is 1.32. The SMILES string of the molecule is COc1ccc2nc([As])sc2n1. The van der Waals surface area contributed by atoms with Crippen molar-refractivity contribution in [2.75, 3.05) is 7.11 Å². The van der Waals surface area contributed by atoms with E-state index in [1.165, 1.54) is 0 Å². The van der Waals surface area contributed by atoms with Crippen LogP contribution in [-0.4, -0.2) is 33.9 Å². The standard InChI is InChI=1S/C7H5AsN2OS/c1-11-5-3-2-4-6(10-5)12-7(8)9-4/h2-3H,1H3. The third-order valence-electron chi connectivity index (χ3n) is 1.43. The van der Waals surface area contributed by atoms with E-state index in [-0.39, 0.29) is 0 Å². The van der Waals surface area contributed by atoms with E-state index in [1.807, 2.05) is 12.1 Å². The predicted molar refractivity (Wildman–Crippen MR) is 49.4 cm³/mol. The third-order valence-corrected chi connectivity index (χ3v) is 2.98. The van der Waals surface area contributed by atoms with Gasteiger partial charge in [0, 0.05) is 0 Å². The Kier molecular flexibility index (Phi) is 2.03. The van der Waals surface area contributed by atoms with Crippen LogP contribution in [0.5, 0.6) is 5.88 Å². The van der Waals surface area contributed by atoms with E-state index in [4.69, 9.17) is 4.74 Å². The van der Waals surface area contributed by atoms with Gasteiger partial charge >= 0.3 is 82.2 Å². The van der Waals surface area contributed by atoms with E-state index in [1.54, 1.807) is 18.4 Å². The van der Waals surface area contributed by atoms with Crippen LogP contribution in [0.2, 0.25) is 0 Å². The molecule has 2 heterocycles. The Labute approximate surface area is 82.3 Å². The molecule has 0 fully saturated rings. The number of aromatic nitrogens is 2. The molecule has 0 N–H and O–H groups in total. The van der Waals surface area contributed by atoms with E-state index in [0.717, 1.165) is 14.1 Å². The van der Waals surface area contributed by atoms with Gasteiger partial charge in [0.2, 0.25) is 0 Å². The molecule has 0 aliphatic rings. The van der Waals surface area contributed by atoms with Gasteiger partial charge in [0.25, 0.3) is 0 Å². The second-order valence-electron chi connectivity index (χ2n) is 2.17. The van der Waals surface area contributed by atoms with Crippen LogP contribution in [0.4, 0.5) is 0 Å². The van der Waals surface area contributed by atoms with Crippen LogP contribution >= 0.6 is 11.3 Å². The van der Waals surface area contributed by atoms with Gasteiger partial charge in [-0.1, -0.05) is 0 Å². The van der Waals surface area contributed by atoms with Gasteiger partial charge in [0.1, 0.15) is 0 Å². The Morgan fingerprint density at radius 2 is 2.25 bits per heavy atom. The van der Waals surface area contributed by atoms with Gasteiger partial charge in [-0.15, -0.1) is 0 Å². The molecule has 0 bridgehead atoms. The average molecular weight is 240 g/mol. The number of hydrogen-bond acceptors (Lipinski definition) is 4. The Morgan fingerprint density at radius 1 is 1.42 bits per heavy atom. The molecule has 5 heteroatoms. The summed E-state index contributed by atoms with van der Waals surface area (Å²) in [5, 5.41) is 0. The Morgan fingerprint density at radius 3 is 3.00 bits per heavy atom. The Bertz CT molecular complexity index is 415. The van der Waals surface area contributed by atoms with Crippen molar-refractivity contribution < 1.29 is 4.74 Å². The van der Waals surface area contributed by atoms with Gasteiger partial charge in [-0.2, -0.15) is 0 Å². The van der Waals surface area contributed by atoms with Crippen LogP contribution in [0.1, 0.15) is 0 Å². The molecule has 12 heavy (non-hydrogen) atoms. The molecule has 60 valence electrons. The minimum atomic E-state index is 0.638. The van der Waals surface area contributed by atoms with Gasteiger partial charge in [0.15, 0.2) is 0 Å². The second-order valence-corrected chi connectivity index (χ2v) is 4.70. The molecule has 0 amide bonds. The monoisotopic (exact) mass is 240 g/mol. The molecule has 0 unspecified atom stereocenters. The first-order valence-corrected chi connectivity index (χ1v) is 5.05. The number of hydrogen-bond donors (Lipinski definition) is 0. The summed E-state index contributed by atoms with van der Waals surface area (Å²) in [6, 6.07) is 3.73. The van der Waals surface area contributed by atoms with Crippen molar-refractivity contribution in [2.24, 2.45) is 0 Å². The zero-order valence-electron chi connectivity index (χ0n) is 6.31. The fourth-order valence-corrected chi connectivity index (χ4v) is 2.34. The summed E-state index contributed by atoms with van der Waals surface area (Å²) in [5.74, 6) is 0.638. The van der Waals surface area contributed by atoms with Crippen molar-refractivity contribution in [3.05, 3.63) is 12.1 Å². The molecule has 0 atom stereocenters. The maximum atomic E-state index is 4.99. The zero-order chi connectivity index (χ0) is 8.55. The summed E-state index contributed by atoms with van der Waals surface area (Å²) in [6.45, 7) is 0. The number of nitrogens with zero attached hydrogens (tertiary/aromatic N) is 2. The number of rotatable bonds is 1. The van der Waals surface area contributed by atoms with E-state index >= 15 is 0 Å². The first kappa shape index (κ1) is 8.02. The molecule has 0 aromatic carbocycles. The molecule has 2 aromatic rings. The Balaban J connectivity index is 2.66. The number of ether oxygens (including phenoxy) is 1. The van der Waals surface area contributed by atoms with Crippen molar-refractivity contribution >= 4 is 42.3 Å². The molecule has 3 nitrogen and oxygen atoms in total. The predicted octanol–water partition coefficient (Wildman–Crippen LogP) is 0.494. The summed E-state index contributed by atoms with van der Waals surface area (Å²) in [6.07, 6.45) is 0. The normalized spacial score (nSPS) is 10.5. The first-order valence-electron chi connectivity index (χ1n) is 3.30. The molecule has 0 aliphatic carbocycles. The molecule has 0 saturated heterocycles. The van der Waals surface area contributed by atoms with Crippen LogP contribution < -0.4 is 8.53 Å². The first-order chi connectivity index (χ1) is 5.79. The summed E-state index contributed by atoms with van der Waals surface area (Å²) in [7, 11) is 1.61. The summed E-state index contributed by atoms with van der Waals surface area (Å²) in [5.41, 5.74) is 0.927. The molecular formula is C7H5AsN2OS. The van der Waals surface area contributed by atoms with Crippen molar-refractivity contribution in [1.82, 2.24) is 9.97 Å². The minimum absolute atomic E-state index is 0.638. The van der Waals surface area contributed by atoms with Gasteiger partial charge in [-0.05, 0) is 0 Å². The molecule has 0 aliphatic heterocycles. The summed E-state index contributed by atoms with van der Waals surface area (Å²) < 4.78 is 5.96. The summed E-state index contributed by atoms with van der Waals surface area (Å²) >= 11 is 3.96. The van der Waals surface area contributed by atoms with Crippen LogP contribution in [0, 0.1) is 0 Å². The molecule has 0 spiro atoms. The Hall–Kier alpha value is -0.602. The fourth-order valence-electron chi connectivity index (χ4n) is 0.902. The van der Waals surface area contributed by atoms with E-state index in [9.17, 15) is 0 Å². The van der Waals surface area contributed by atoms with Crippen molar-refractivity contribution in [3.8, 4) is 5.88 Å². The van der Waals surface area contributed by atoms with Crippen molar-refractivity contribution in [3.63, 3.8) is 0 Å². The van der Waals surface area contributed by atoms with Crippen LogP contribution in [-0.2, 0) is 0 Å². The van der Waals surface area contributed by atoms with Crippen molar-refractivity contribution in [1.29, 1.82) is 0 Å². The van der Waals surface area contributed by atoms with Gasteiger partial charge in [0.05, 0.1) is 0 Å². The molecule has 2 rings (SSSR count). The molecule has 0 saturated carbocycles. The van der Waals surface area contributed by atoms with Gasteiger partial charge < -0.3 is 0 Å². The maximum absolute atomic E-state index is 4.99. The molecule has 2 radical (unpaired) electrons. The topological polar surface area (TPSA) is 35.0 Å². The van der Waals surface area contributed by atoms with Gasteiger partial charge in [-0.25, -0.2) is 0 Å². The number of pyridine rings is 1. The fraction of sp³-hybridized carbons (Fsp3) is 0.143. The zero-order valence-corrected chi connectivity index (χ0v) is 9.01. The second kappa shape index (κ2) is 3.03. The van der Waals surface area contributed by atoms with Crippen LogP contribution in [0.3, 0.4) is 0 Å². The molecular weight excluding hydrogens is 235 g/mol. The van der Waals surface area contributed by atoms with Gasteiger partial charge in [-0.3, -0.25) is 0 Å². The summed E-state index contributed by atoms with van der Waals surface area (Å²) in [4.78, 5) is 9.42.